The summed E-state index contributed by atoms with van der Waals surface area (Å²) in [5, 5.41) is 9.33. The van der Waals surface area contributed by atoms with E-state index in [0.717, 1.165) is 19.0 Å². The van der Waals surface area contributed by atoms with Gasteiger partial charge in [-0.25, -0.2) is 0 Å². The summed E-state index contributed by atoms with van der Waals surface area (Å²) in [5.41, 5.74) is 0. The van der Waals surface area contributed by atoms with Gasteiger partial charge in [-0.1, -0.05) is 13.0 Å². The molecule has 84 valence electrons. The monoisotopic (exact) mass is 224 g/mol. The van der Waals surface area contributed by atoms with E-state index in [1.165, 1.54) is 11.3 Å². The van der Waals surface area contributed by atoms with E-state index in [1.807, 2.05) is 11.3 Å². The maximum absolute atomic E-state index is 3.74. The van der Waals surface area contributed by atoms with Crippen molar-refractivity contribution >= 4 is 11.3 Å². The minimum atomic E-state index is 0.496. The number of hydrogen-bond donors (Lipinski definition) is 2. The van der Waals surface area contributed by atoms with Gasteiger partial charge in [-0.05, 0) is 43.8 Å². The van der Waals surface area contributed by atoms with Gasteiger partial charge in [0, 0.05) is 17.0 Å². The third-order valence-electron chi connectivity index (χ3n) is 3.22. The lowest BCUT2D eigenvalue weighted by molar-refractivity contribution is 0.279. The summed E-state index contributed by atoms with van der Waals surface area (Å²) in [4.78, 5) is 1.45. The second-order valence-electron chi connectivity index (χ2n) is 4.48. The highest BCUT2D eigenvalue weighted by atomic mass is 32.1. The lowest BCUT2D eigenvalue weighted by Crippen LogP contribution is -2.46. The van der Waals surface area contributed by atoms with Gasteiger partial charge in [0.15, 0.2) is 0 Å². The molecular weight excluding hydrogens is 204 g/mol. The number of piperidine rings is 1. The van der Waals surface area contributed by atoms with Gasteiger partial charge in [-0.15, -0.1) is 11.3 Å². The summed E-state index contributed by atoms with van der Waals surface area (Å²) in [7, 11) is 0. The first-order valence-corrected chi connectivity index (χ1v) is 6.65. The molecule has 2 nitrogen and oxygen atoms in total. The van der Waals surface area contributed by atoms with E-state index in [-0.39, 0.29) is 0 Å². The Bertz CT molecular complexity index is 284. The smallest absolute Gasteiger partial charge is 0.0388 e. The second-order valence-corrected chi connectivity index (χ2v) is 5.46. The number of thiophene rings is 1. The SMILES string of the molecule is CC(NC1CCNCC1C)c1cccs1. The van der Waals surface area contributed by atoms with E-state index in [2.05, 4.69) is 42.0 Å². The molecule has 0 aromatic carbocycles. The molecule has 3 heteroatoms. The Labute approximate surface area is 96.1 Å². The molecular formula is C12H20N2S. The molecule has 0 saturated carbocycles. The summed E-state index contributed by atoms with van der Waals surface area (Å²) in [6, 6.07) is 5.51. The molecule has 3 atom stereocenters. The highest BCUT2D eigenvalue weighted by molar-refractivity contribution is 7.10. The average Bonchev–Trinajstić information content (AvgIpc) is 2.74. The summed E-state index contributed by atoms with van der Waals surface area (Å²) >= 11 is 1.84. The van der Waals surface area contributed by atoms with Crippen molar-refractivity contribution in [2.45, 2.75) is 32.4 Å². The van der Waals surface area contributed by atoms with Crippen molar-refractivity contribution in [3.8, 4) is 0 Å². The van der Waals surface area contributed by atoms with Gasteiger partial charge in [0.2, 0.25) is 0 Å². The van der Waals surface area contributed by atoms with Crippen LogP contribution in [-0.4, -0.2) is 19.1 Å². The van der Waals surface area contributed by atoms with Crippen LogP contribution < -0.4 is 10.6 Å². The molecule has 1 aromatic heterocycles. The standard InChI is InChI=1S/C12H20N2S/c1-9-8-13-6-5-11(9)14-10(2)12-4-3-7-15-12/h3-4,7,9-11,13-14H,5-6,8H2,1-2H3. The lowest BCUT2D eigenvalue weighted by Gasteiger charge is -2.32. The van der Waals surface area contributed by atoms with E-state index in [0.29, 0.717) is 12.1 Å². The molecule has 1 aliphatic heterocycles. The molecule has 0 spiro atoms. The fourth-order valence-electron chi connectivity index (χ4n) is 2.20. The molecule has 2 heterocycles. The molecule has 1 saturated heterocycles. The maximum atomic E-state index is 3.74. The van der Waals surface area contributed by atoms with Gasteiger partial charge in [0.05, 0.1) is 0 Å². The van der Waals surface area contributed by atoms with Gasteiger partial charge in [-0.3, -0.25) is 0 Å². The molecule has 1 aliphatic rings. The van der Waals surface area contributed by atoms with Gasteiger partial charge in [-0.2, -0.15) is 0 Å². The third-order valence-corrected chi connectivity index (χ3v) is 4.27. The molecule has 1 fully saturated rings. The van der Waals surface area contributed by atoms with Crippen LogP contribution in [0.1, 0.15) is 31.2 Å². The van der Waals surface area contributed by atoms with Crippen LogP contribution in [-0.2, 0) is 0 Å². The van der Waals surface area contributed by atoms with E-state index in [9.17, 15) is 0 Å². The Morgan fingerprint density at radius 1 is 1.60 bits per heavy atom. The summed E-state index contributed by atoms with van der Waals surface area (Å²) in [5.74, 6) is 0.737. The van der Waals surface area contributed by atoms with Crippen LogP contribution in [0.3, 0.4) is 0 Å². The molecule has 2 rings (SSSR count). The number of hydrogen-bond acceptors (Lipinski definition) is 3. The molecule has 0 radical (unpaired) electrons. The first kappa shape index (κ1) is 11.1. The normalized spacial score (nSPS) is 28.9. The van der Waals surface area contributed by atoms with Crippen molar-refractivity contribution in [1.29, 1.82) is 0 Å². The Morgan fingerprint density at radius 2 is 2.47 bits per heavy atom. The van der Waals surface area contributed by atoms with Crippen LogP contribution >= 0.6 is 11.3 Å². The maximum Gasteiger partial charge on any atom is 0.0388 e. The highest BCUT2D eigenvalue weighted by Gasteiger charge is 2.22. The Kier molecular flexibility index (Phi) is 3.78. The van der Waals surface area contributed by atoms with Crippen molar-refractivity contribution in [2.75, 3.05) is 13.1 Å². The van der Waals surface area contributed by atoms with Crippen molar-refractivity contribution in [3.05, 3.63) is 22.4 Å². The van der Waals surface area contributed by atoms with Gasteiger partial charge in [0.1, 0.15) is 0 Å². The van der Waals surface area contributed by atoms with E-state index >= 15 is 0 Å². The molecule has 15 heavy (non-hydrogen) atoms. The van der Waals surface area contributed by atoms with E-state index in [1.54, 1.807) is 0 Å². The average molecular weight is 224 g/mol. The van der Waals surface area contributed by atoms with E-state index < -0.39 is 0 Å². The summed E-state index contributed by atoms with van der Waals surface area (Å²) in [6.45, 7) is 6.89. The lowest BCUT2D eigenvalue weighted by atomic mass is 9.94. The van der Waals surface area contributed by atoms with Crippen LogP contribution in [0.4, 0.5) is 0 Å². The van der Waals surface area contributed by atoms with Gasteiger partial charge >= 0.3 is 0 Å². The van der Waals surface area contributed by atoms with Crippen molar-refractivity contribution < 1.29 is 0 Å². The quantitative estimate of drug-likeness (QED) is 0.824. The zero-order valence-corrected chi connectivity index (χ0v) is 10.3. The summed E-state index contributed by atoms with van der Waals surface area (Å²) < 4.78 is 0. The second kappa shape index (κ2) is 5.10. The predicted octanol–water partition coefficient (Wildman–Crippen LogP) is 2.40. The van der Waals surface area contributed by atoms with Crippen molar-refractivity contribution in [3.63, 3.8) is 0 Å². The molecule has 0 bridgehead atoms. The van der Waals surface area contributed by atoms with Crippen molar-refractivity contribution in [2.24, 2.45) is 5.92 Å². The van der Waals surface area contributed by atoms with Crippen LogP contribution in [0.2, 0.25) is 0 Å². The molecule has 1 aromatic rings. The largest absolute Gasteiger partial charge is 0.316 e. The van der Waals surface area contributed by atoms with Crippen LogP contribution in [0.15, 0.2) is 17.5 Å². The van der Waals surface area contributed by atoms with Crippen LogP contribution in [0.5, 0.6) is 0 Å². The molecule has 3 unspecified atom stereocenters. The highest BCUT2D eigenvalue weighted by Crippen LogP contribution is 2.21. The Morgan fingerprint density at radius 3 is 3.13 bits per heavy atom. The zero-order valence-electron chi connectivity index (χ0n) is 9.49. The predicted molar refractivity (Wildman–Crippen MR) is 66.3 cm³/mol. The molecule has 0 aliphatic carbocycles. The van der Waals surface area contributed by atoms with Gasteiger partial charge in [0.25, 0.3) is 0 Å². The fourth-order valence-corrected chi connectivity index (χ4v) is 2.95. The Hall–Kier alpha value is -0.380. The molecule has 2 N–H and O–H groups in total. The topological polar surface area (TPSA) is 24.1 Å². The molecule has 0 amide bonds. The minimum absolute atomic E-state index is 0.496. The fraction of sp³-hybridized carbons (Fsp3) is 0.667. The number of rotatable bonds is 3. The van der Waals surface area contributed by atoms with Gasteiger partial charge < -0.3 is 10.6 Å². The first-order chi connectivity index (χ1) is 7.27. The van der Waals surface area contributed by atoms with Crippen LogP contribution in [0.25, 0.3) is 0 Å². The zero-order chi connectivity index (χ0) is 10.7. The first-order valence-electron chi connectivity index (χ1n) is 5.77. The van der Waals surface area contributed by atoms with E-state index in [4.69, 9.17) is 0 Å². The minimum Gasteiger partial charge on any atom is -0.316 e. The van der Waals surface area contributed by atoms with Crippen LogP contribution in [0, 0.1) is 5.92 Å². The number of nitrogens with one attached hydrogen (secondary N) is 2. The Balaban J connectivity index is 1.90. The summed E-state index contributed by atoms with van der Waals surface area (Å²) in [6.07, 6.45) is 1.25. The van der Waals surface area contributed by atoms with Crippen molar-refractivity contribution in [1.82, 2.24) is 10.6 Å². The third kappa shape index (κ3) is 2.80.